The number of amides is 1. The van der Waals surface area contributed by atoms with E-state index >= 15 is 0 Å². The fourth-order valence-corrected chi connectivity index (χ4v) is 3.24. The second-order valence-electron chi connectivity index (χ2n) is 4.24. The van der Waals surface area contributed by atoms with E-state index in [1.165, 1.54) is 18.2 Å². The maximum atomic E-state index is 12.0. The highest BCUT2D eigenvalue weighted by Gasteiger charge is 2.33. The number of carbonyl (C=O) groups is 2. The van der Waals surface area contributed by atoms with Gasteiger partial charge in [-0.1, -0.05) is 24.0 Å². The predicted octanol–water partition coefficient (Wildman–Crippen LogP) is 1.26. The zero-order valence-corrected chi connectivity index (χ0v) is 11.4. The molecular weight excluding hydrogens is 272 g/mol. The molecule has 2 fully saturated rings. The first-order valence-corrected chi connectivity index (χ1v) is 7.02. The van der Waals surface area contributed by atoms with Crippen molar-refractivity contribution in [1.82, 2.24) is 9.80 Å². The second-order valence-corrected chi connectivity index (χ2v) is 5.92. The molecule has 0 spiro atoms. The van der Waals surface area contributed by atoms with Gasteiger partial charge in [0.25, 0.3) is 5.91 Å². The molecule has 0 atom stereocenters. The third-order valence-electron chi connectivity index (χ3n) is 2.86. The van der Waals surface area contributed by atoms with Crippen LogP contribution in [0, 0.1) is 0 Å². The van der Waals surface area contributed by atoms with Crippen LogP contribution in [0.5, 0.6) is 0 Å². The van der Waals surface area contributed by atoms with Crippen LogP contribution in [0.25, 0.3) is 0 Å². The number of thioether (sulfide) groups is 1. The molecule has 2 saturated heterocycles. The lowest BCUT2D eigenvalue weighted by atomic mass is 10.1. The molecule has 18 heavy (non-hydrogen) atoms. The quantitative estimate of drug-likeness (QED) is 0.622. The lowest BCUT2D eigenvalue weighted by Crippen LogP contribution is -2.33. The summed E-state index contributed by atoms with van der Waals surface area (Å²) in [5.74, 6) is -1.34. The Hall–Kier alpha value is -1.08. The molecule has 0 unspecified atom stereocenters. The summed E-state index contributed by atoms with van der Waals surface area (Å²) in [6, 6.07) is 0. The second kappa shape index (κ2) is 5.71. The first-order valence-electron chi connectivity index (χ1n) is 5.79. The Kier molecular flexibility index (Phi) is 4.23. The smallest absolute Gasteiger partial charge is 0.323 e. The molecule has 2 heterocycles. The highest BCUT2D eigenvalue weighted by atomic mass is 32.2. The molecule has 0 saturated carbocycles. The van der Waals surface area contributed by atoms with E-state index in [4.69, 9.17) is 17.3 Å². The molecule has 0 aromatic carbocycles. The molecule has 0 aromatic rings. The Labute approximate surface area is 115 Å². The van der Waals surface area contributed by atoms with Crippen LogP contribution in [0.2, 0.25) is 0 Å². The highest BCUT2D eigenvalue weighted by molar-refractivity contribution is 8.26. The number of aliphatic carboxylic acids is 1. The highest BCUT2D eigenvalue weighted by Crippen LogP contribution is 2.31. The standard InChI is InChI=1S/C11H14N2O3S2/c14-9(15)7-13-10(16)8(18-11(13)17)6-12-4-2-1-3-5-12/h6H,1-5,7H2,(H,14,15)/b8-6-. The summed E-state index contributed by atoms with van der Waals surface area (Å²) in [6.45, 7) is 1.54. The Morgan fingerprint density at radius 1 is 1.39 bits per heavy atom. The number of likely N-dealkylation sites (tertiary alicyclic amines) is 1. The van der Waals surface area contributed by atoms with Crippen LogP contribution in [0.15, 0.2) is 11.1 Å². The number of thiocarbonyl (C=S) groups is 1. The molecule has 0 bridgehead atoms. The maximum absolute atomic E-state index is 12.0. The third-order valence-corrected chi connectivity index (χ3v) is 4.22. The minimum Gasteiger partial charge on any atom is -0.480 e. The lowest BCUT2D eigenvalue weighted by molar-refractivity contribution is -0.140. The van der Waals surface area contributed by atoms with Gasteiger partial charge in [0.05, 0.1) is 4.91 Å². The van der Waals surface area contributed by atoms with Crippen LogP contribution in [0.1, 0.15) is 19.3 Å². The van der Waals surface area contributed by atoms with Crippen LogP contribution >= 0.6 is 24.0 Å². The molecule has 98 valence electrons. The van der Waals surface area contributed by atoms with Crippen molar-refractivity contribution in [3.05, 3.63) is 11.1 Å². The third kappa shape index (κ3) is 3.02. The molecular formula is C11H14N2O3S2. The molecule has 1 N–H and O–H groups in total. The first-order chi connectivity index (χ1) is 8.58. The average Bonchev–Trinajstić information content (AvgIpc) is 2.58. The molecule has 7 heteroatoms. The molecule has 2 aliphatic rings. The lowest BCUT2D eigenvalue weighted by Gasteiger charge is -2.25. The Morgan fingerprint density at radius 2 is 2.06 bits per heavy atom. The number of hydrogen-bond acceptors (Lipinski definition) is 5. The van der Waals surface area contributed by atoms with Crippen molar-refractivity contribution < 1.29 is 14.7 Å². The molecule has 0 radical (unpaired) electrons. The summed E-state index contributed by atoms with van der Waals surface area (Å²) in [5, 5.41) is 8.72. The van der Waals surface area contributed by atoms with Gasteiger partial charge in [-0.15, -0.1) is 0 Å². The minimum atomic E-state index is -1.05. The summed E-state index contributed by atoms with van der Waals surface area (Å²) in [5.41, 5.74) is 0. The Morgan fingerprint density at radius 3 is 2.67 bits per heavy atom. The van der Waals surface area contributed by atoms with E-state index in [0.717, 1.165) is 30.8 Å². The van der Waals surface area contributed by atoms with Gasteiger partial charge in [0.1, 0.15) is 10.9 Å². The van der Waals surface area contributed by atoms with Gasteiger partial charge in [-0.05, 0) is 19.3 Å². The topological polar surface area (TPSA) is 60.9 Å². The number of carboxylic acid groups (broad SMARTS) is 1. The van der Waals surface area contributed by atoms with Crippen molar-refractivity contribution in [2.45, 2.75) is 19.3 Å². The monoisotopic (exact) mass is 286 g/mol. The fraction of sp³-hybridized carbons (Fsp3) is 0.545. The van der Waals surface area contributed by atoms with Gasteiger partial charge in [-0.3, -0.25) is 14.5 Å². The van der Waals surface area contributed by atoms with Crippen LogP contribution in [0.3, 0.4) is 0 Å². The zero-order valence-electron chi connectivity index (χ0n) is 9.79. The van der Waals surface area contributed by atoms with Gasteiger partial charge in [-0.2, -0.15) is 0 Å². The van der Waals surface area contributed by atoms with Gasteiger partial charge < -0.3 is 10.0 Å². The van der Waals surface area contributed by atoms with Gasteiger partial charge in [0.2, 0.25) is 0 Å². The molecule has 1 amide bonds. The number of nitrogens with zero attached hydrogens (tertiary/aromatic N) is 2. The van der Waals surface area contributed by atoms with E-state index in [2.05, 4.69) is 4.90 Å². The van der Waals surface area contributed by atoms with Crippen molar-refractivity contribution >= 4 is 40.2 Å². The molecule has 0 aliphatic carbocycles. The van der Waals surface area contributed by atoms with Crippen molar-refractivity contribution in [3.8, 4) is 0 Å². The zero-order chi connectivity index (χ0) is 13.1. The van der Waals surface area contributed by atoms with Crippen molar-refractivity contribution in [3.63, 3.8) is 0 Å². The average molecular weight is 286 g/mol. The number of carboxylic acids is 1. The van der Waals surface area contributed by atoms with E-state index in [1.807, 2.05) is 6.20 Å². The van der Waals surface area contributed by atoms with Crippen LogP contribution in [-0.4, -0.2) is 50.7 Å². The Bertz CT molecular complexity index is 417. The molecule has 2 rings (SSSR count). The van der Waals surface area contributed by atoms with Gasteiger partial charge in [0.15, 0.2) is 0 Å². The fourth-order valence-electron chi connectivity index (χ4n) is 1.98. The van der Waals surface area contributed by atoms with E-state index < -0.39 is 5.97 Å². The number of hydrogen-bond donors (Lipinski definition) is 1. The van der Waals surface area contributed by atoms with E-state index in [0.29, 0.717) is 9.23 Å². The normalized spacial score (nSPS) is 23.0. The van der Waals surface area contributed by atoms with Crippen molar-refractivity contribution in [1.29, 1.82) is 0 Å². The minimum absolute atomic E-state index is 0.294. The van der Waals surface area contributed by atoms with Crippen LogP contribution in [0.4, 0.5) is 0 Å². The number of carbonyl (C=O) groups excluding carboxylic acids is 1. The SMILES string of the molecule is O=C(O)CN1C(=O)/C(=C/N2CCCCC2)SC1=S. The maximum Gasteiger partial charge on any atom is 0.323 e. The van der Waals surface area contributed by atoms with Gasteiger partial charge in [0, 0.05) is 19.3 Å². The number of piperidine rings is 1. The van der Waals surface area contributed by atoms with Crippen molar-refractivity contribution in [2.24, 2.45) is 0 Å². The summed E-state index contributed by atoms with van der Waals surface area (Å²) in [4.78, 5) is 26.4. The largest absolute Gasteiger partial charge is 0.480 e. The van der Waals surface area contributed by atoms with Gasteiger partial charge >= 0.3 is 5.97 Å². The van der Waals surface area contributed by atoms with E-state index in [9.17, 15) is 9.59 Å². The molecule has 0 aromatic heterocycles. The van der Waals surface area contributed by atoms with E-state index in [1.54, 1.807) is 0 Å². The van der Waals surface area contributed by atoms with Gasteiger partial charge in [-0.25, -0.2) is 0 Å². The Balaban J connectivity index is 2.06. The molecule has 5 nitrogen and oxygen atoms in total. The first kappa shape index (κ1) is 13.4. The summed E-state index contributed by atoms with van der Waals surface area (Å²) in [6.07, 6.45) is 5.31. The summed E-state index contributed by atoms with van der Waals surface area (Å²) in [7, 11) is 0. The van der Waals surface area contributed by atoms with E-state index in [-0.39, 0.29) is 12.5 Å². The van der Waals surface area contributed by atoms with Crippen LogP contribution in [-0.2, 0) is 9.59 Å². The number of rotatable bonds is 3. The molecule has 2 aliphatic heterocycles. The predicted molar refractivity (Wildman–Crippen MR) is 73.0 cm³/mol. The van der Waals surface area contributed by atoms with Crippen LogP contribution < -0.4 is 0 Å². The summed E-state index contributed by atoms with van der Waals surface area (Å²) < 4.78 is 0.325. The summed E-state index contributed by atoms with van der Waals surface area (Å²) >= 11 is 6.21. The van der Waals surface area contributed by atoms with Crippen molar-refractivity contribution in [2.75, 3.05) is 19.6 Å².